The molecule has 1 aliphatic rings. The summed E-state index contributed by atoms with van der Waals surface area (Å²) < 4.78 is 50.8. The van der Waals surface area contributed by atoms with Crippen LogP contribution < -0.4 is 10.0 Å². The lowest BCUT2D eigenvalue weighted by atomic mass is 9.93. The molecule has 0 saturated carbocycles. The molecule has 0 aliphatic carbocycles. The van der Waals surface area contributed by atoms with Crippen molar-refractivity contribution >= 4 is 60.4 Å². The number of benzene rings is 3. The quantitative estimate of drug-likeness (QED) is 0.381. The van der Waals surface area contributed by atoms with Crippen LogP contribution in [0.1, 0.15) is 11.1 Å². The summed E-state index contributed by atoms with van der Waals surface area (Å²) >= 11 is 6.14. The zero-order valence-electron chi connectivity index (χ0n) is 19.2. The van der Waals surface area contributed by atoms with Crippen molar-refractivity contribution in [1.82, 2.24) is 5.32 Å². The Morgan fingerprint density at radius 2 is 1.68 bits per heavy atom. The summed E-state index contributed by atoms with van der Waals surface area (Å²) in [5.74, 6) is -2.85. The highest BCUT2D eigenvalue weighted by Crippen LogP contribution is 2.48. The molecule has 0 bridgehead atoms. The minimum atomic E-state index is -4.73. The van der Waals surface area contributed by atoms with E-state index in [1.807, 2.05) is 0 Å². The molecule has 3 aromatic carbocycles. The number of hydrogen-bond donors (Lipinski definition) is 3. The van der Waals surface area contributed by atoms with E-state index < -0.39 is 42.2 Å². The van der Waals surface area contributed by atoms with Gasteiger partial charge in [-0.2, -0.15) is 0 Å². The van der Waals surface area contributed by atoms with Crippen LogP contribution in [-0.4, -0.2) is 45.8 Å². The Morgan fingerprint density at radius 3 is 2.32 bits per heavy atom. The SMILES string of the molecule is CS(=O)(=O)Nc1cccc(CNC(=O)C2(S(=O)(=O)c3ccccc3)C(C(=O)O)=Nc3ccc(Cl)cc32)c1. The van der Waals surface area contributed by atoms with Gasteiger partial charge in [-0.05, 0) is 48.0 Å². The zero-order chi connectivity index (χ0) is 27.0. The molecule has 13 heteroatoms. The minimum absolute atomic E-state index is 0.0178. The molecule has 1 aliphatic heterocycles. The van der Waals surface area contributed by atoms with Crippen molar-refractivity contribution in [1.29, 1.82) is 0 Å². The normalized spacial score (nSPS) is 17.0. The number of carboxylic acids is 1. The molecule has 10 nitrogen and oxygen atoms in total. The number of carbonyl (C=O) groups is 2. The molecule has 0 saturated heterocycles. The number of nitrogens with zero attached hydrogens (tertiary/aromatic N) is 1. The van der Waals surface area contributed by atoms with Gasteiger partial charge in [0.25, 0.3) is 5.91 Å². The first kappa shape index (κ1) is 26.3. The van der Waals surface area contributed by atoms with E-state index in [1.165, 1.54) is 54.6 Å². The van der Waals surface area contributed by atoms with E-state index in [1.54, 1.807) is 18.2 Å². The molecule has 1 amide bonds. The summed E-state index contributed by atoms with van der Waals surface area (Å²) in [5, 5.41) is 12.6. The molecule has 1 unspecified atom stereocenters. The molecule has 4 rings (SSSR count). The average molecular weight is 562 g/mol. The van der Waals surface area contributed by atoms with E-state index in [-0.39, 0.29) is 33.4 Å². The van der Waals surface area contributed by atoms with E-state index in [2.05, 4.69) is 15.0 Å². The standard InChI is InChI=1S/C24H20ClN3O7S2/c1-36(32,33)28-17-7-5-6-15(12-17)14-26-23(31)24(37(34,35)18-8-3-2-4-9-18)19-13-16(25)10-11-20(19)27-21(24)22(29)30/h2-13,28H,14H2,1H3,(H,26,31)(H,29,30). The fraction of sp³-hybridized carbons (Fsp3) is 0.125. The number of sulfonamides is 1. The monoisotopic (exact) mass is 561 g/mol. The van der Waals surface area contributed by atoms with Crippen LogP contribution in [0.5, 0.6) is 0 Å². The van der Waals surface area contributed by atoms with Gasteiger partial charge < -0.3 is 10.4 Å². The number of aliphatic imine (C=N–C) groups is 1. The largest absolute Gasteiger partial charge is 0.477 e. The summed E-state index contributed by atoms with van der Waals surface area (Å²) in [6, 6.07) is 17.0. The molecule has 37 heavy (non-hydrogen) atoms. The first-order valence-electron chi connectivity index (χ1n) is 10.6. The summed E-state index contributed by atoms with van der Waals surface area (Å²) in [5.41, 5.74) is -0.445. The Kier molecular flexibility index (Phi) is 6.84. The number of carbonyl (C=O) groups excluding carboxylic acids is 1. The number of carboxylic acid groups (broad SMARTS) is 1. The van der Waals surface area contributed by atoms with Gasteiger partial charge in [-0.25, -0.2) is 26.6 Å². The lowest BCUT2D eigenvalue weighted by molar-refractivity contribution is -0.131. The number of fused-ring (bicyclic) bond motifs is 1. The van der Waals surface area contributed by atoms with Crippen molar-refractivity contribution in [2.24, 2.45) is 4.99 Å². The highest BCUT2D eigenvalue weighted by atomic mass is 35.5. The number of amides is 1. The number of aliphatic carboxylic acids is 1. The van der Waals surface area contributed by atoms with Crippen LogP contribution >= 0.6 is 11.6 Å². The van der Waals surface area contributed by atoms with Gasteiger partial charge in [0, 0.05) is 22.8 Å². The highest BCUT2D eigenvalue weighted by molar-refractivity contribution is 7.94. The van der Waals surface area contributed by atoms with E-state index in [9.17, 15) is 31.5 Å². The molecule has 0 fully saturated rings. The predicted molar refractivity (Wildman–Crippen MR) is 138 cm³/mol. The average Bonchev–Trinajstić information content (AvgIpc) is 3.18. The molecule has 3 N–H and O–H groups in total. The predicted octanol–water partition coefficient (Wildman–Crippen LogP) is 2.87. The van der Waals surface area contributed by atoms with Crippen LogP contribution in [0.4, 0.5) is 11.4 Å². The highest BCUT2D eigenvalue weighted by Gasteiger charge is 2.62. The maximum absolute atomic E-state index is 14.1. The maximum Gasteiger partial charge on any atom is 0.352 e. The first-order chi connectivity index (χ1) is 17.4. The van der Waals surface area contributed by atoms with Crippen LogP contribution in [0.15, 0.2) is 82.7 Å². The molecular weight excluding hydrogens is 542 g/mol. The molecule has 1 heterocycles. The van der Waals surface area contributed by atoms with Gasteiger partial charge in [0.05, 0.1) is 16.8 Å². The fourth-order valence-electron chi connectivity index (χ4n) is 4.08. The second-order valence-electron chi connectivity index (χ2n) is 8.18. The third-order valence-electron chi connectivity index (χ3n) is 5.57. The van der Waals surface area contributed by atoms with Crippen LogP contribution in [0.2, 0.25) is 5.02 Å². The van der Waals surface area contributed by atoms with Crippen molar-refractivity contribution in [3.05, 3.63) is 88.9 Å². The summed E-state index contributed by atoms with van der Waals surface area (Å²) in [6.45, 7) is -0.243. The van der Waals surface area contributed by atoms with E-state index >= 15 is 0 Å². The third kappa shape index (κ3) is 4.82. The molecule has 192 valence electrons. The van der Waals surface area contributed by atoms with Crippen LogP contribution in [0, 0.1) is 0 Å². The fourth-order valence-corrected chi connectivity index (χ4v) is 6.83. The van der Waals surface area contributed by atoms with E-state index in [4.69, 9.17) is 11.6 Å². The van der Waals surface area contributed by atoms with Crippen LogP contribution in [0.25, 0.3) is 0 Å². The van der Waals surface area contributed by atoms with Crippen molar-refractivity contribution in [2.45, 2.75) is 16.2 Å². The number of hydrogen-bond acceptors (Lipinski definition) is 7. The summed E-state index contributed by atoms with van der Waals surface area (Å²) in [7, 11) is -8.30. The minimum Gasteiger partial charge on any atom is -0.477 e. The topological polar surface area (TPSA) is 159 Å². The third-order valence-corrected chi connectivity index (χ3v) is 8.71. The summed E-state index contributed by atoms with van der Waals surface area (Å²) in [4.78, 5) is 29.9. The van der Waals surface area contributed by atoms with Gasteiger partial charge in [0.15, 0.2) is 5.71 Å². The molecular formula is C24H20ClN3O7S2. The molecule has 0 radical (unpaired) electrons. The Balaban J connectivity index is 1.84. The van der Waals surface area contributed by atoms with Crippen molar-refractivity contribution in [2.75, 3.05) is 11.0 Å². The van der Waals surface area contributed by atoms with Gasteiger partial charge in [-0.3, -0.25) is 9.52 Å². The van der Waals surface area contributed by atoms with Gasteiger partial charge in [0.1, 0.15) is 0 Å². The molecule has 3 aromatic rings. The lowest BCUT2D eigenvalue weighted by Gasteiger charge is -2.29. The smallest absolute Gasteiger partial charge is 0.352 e. The van der Waals surface area contributed by atoms with Crippen molar-refractivity contribution < 1.29 is 31.5 Å². The van der Waals surface area contributed by atoms with Gasteiger partial charge in [-0.15, -0.1) is 0 Å². The van der Waals surface area contributed by atoms with Crippen LogP contribution in [0.3, 0.4) is 0 Å². The van der Waals surface area contributed by atoms with Gasteiger partial charge >= 0.3 is 5.97 Å². The number of sulfone groups is 1. The Bertz CT molecular complexity index is 1660. The van der Waals surface area contributed by atoms with E-state index in [0.717, 1.165) is 6.26 Å². The summed E-state index contributed by atoms with van der Waals surface area (Å²) in [6.07, 6.45) is 0.981. The second-order valence-corrected chi connectivity index (χ2v) is 12.5. The van der Waals surface area contributed by atoms with E-state index in [0.29, 0.717) is 5.56 Å². The maximum atomic E-state index is 14.1. The molecule has 0 aromatic heterocycles. The van der Waals surface area contributed by atoms with Crippen LogP contribution in [-0.2, 0) is 40.7 Å². The second kappa shape index (κ2) is 9.61. The lowest BCUT2D eigenvalue weighted by Crippen LogP contribution is -2.55. The zero-order valence-corrected chi connectivity index (χ0v) is 21.6. The molecule has 1 atom stereocenters. The Hall–Kier alpha value is -3.74. The number of halogens is 1. The number of anilines is 1. The van der Waals surface area contributed by atoms with Crippen molar-refractivity contribution in [3.8, 4) is 0 Å². The molecule has 0 spiro atoms. The first-order valence-corrected chi connectivity index (χ1v) is 14.4. The number of rotatable bonds is 8. The van der Waals surface area contributed by atoms with Crippen molar-refractivity contribution in [3.63, 3.8) is 0 Å². The van der Waals surface area contributed by atoms with Gasteiger partial charge in [0.2, 0.25) is 24.6 Å². The van der Waals surface area contributed by atoms with Gasteiger partial charge in [-0.1, -0.05) is 41.9 Å². The Labute approximate surface area is 218 Å². The Morgan fingerprint density at radius 1 is 0.973 bits per heavy atom. The number of nitrogens with one attached hydrogen (secondary N) is 2.